The molecule has 3 heterocycles. The van der Waals surface area contributed by atoms with Gasteiger partial charge >= 0.3 is 0 Å². The molecule has 7 heteroatoms. The van der Waals surface area contributed by atoms with E-state index in [1.54, 1.807) is 10.8 Å². The molecule has 1 saturated heterocycles. The van der Waals surface area contributed by atoms with Crippen molar-refractivity contribution in [3.05, 3.63) is 130 Å². The maximum absolute atomic E-state index is 13.8. The first kappa shape index (κ1) is 31.9. The van der Waals surface area contributed by atoms with Gasteiger partial charge in [0.05, 0.1) is 26.0 Å². The number of aryl methyl sites for hydroxylation is 2. The molecule has 0 radical (unpaired) electrons. The van der Waals surface area contributed by atoms with Gasteiger partial charge in [0.2, 0.25) is 0 Å². The van der Waals surface area contributed by atoms with Gasteiger partial charge in [0.25, 0.3) is 5.56 Å². The summed E-state index contributed by atoms with van der Waals surface area (Å²) in [6.07, 6.45) is 11.5. The fourth-order valence-corrected chi connectivity index (χ4v) is 5.63. The SMILES string of the molecule is C=C(Cn1c(-c2ccccc2)ncc(NCCCc2ccc(C3(C)COC3)cc2)c1=O)NC/C(C)=C/c1cnccc1CCC. The van der Waals surface area contributed by atoms with E-state index in [-0.39, 0.29) is 11.0 Å². The summed E-state index contributed by atoms with van der Waals surface area (Å²) in [5.41, 5.74) is 8.37. The Kier molecular flexibility index (Phi) is 10.6. The lowest BCUT2D eigenvalue weighted by molar-refractivity contribution is -0.0500. The molecule has 2 aromatic heterocycles. The van der Waals surface area contributed by atoms with Crippen LogP contribution in [0.3, 0.4) is 0 Å². The van der Waals surface area contributed by atoms with Gasteiger partial charge in [0.15, 0.2) is 0 Å². The highest BCUT2D eigenvalue weighted by atomic mass is 16.5. The highest BCUT2D eigenvalue weighted by molar-refractivity contribution is 5.57. The smallest absolute Gasteiger partial charge is 0.277 e. The highest BCUT2D eigenvalue weighted by Crippen LogP contribution is 2.31. The van der Waals surface area contributed by atoms with Crippen LogP contribution >= 0.6 is 0 Å². The number of allylic oxidation sites excluding steroid dienone is 1. The van der Waals surface area contributed by atoms with Gasteiger partial charge in [-0.05, 0) is 54.5 Å². The molecule has 2 N–H and O–H groups in total. The van der Waals surface area contributed by atoms with E-state index in [4.69, 9.17) is 9.72 Å². The largest absolute Gasteiger partial charge is 0.384 e. The van der Waals surface area contributed by atoms with Gasteiger partial charge in [0, 0.05) is 42.2 Å². The average molecular weight is 604 g/mol. The molecule has 1 aliphatic rings. The van der Waals surface area contributed by atoms with Crippen LogP contribution in [-0.2, 0) is 29.5 Å². The summed E-state index contributed by atoms with van der Waals surface area (Å²) < 4.78 is 7.12. The summed E-state index contributed by atoms with van der Waals surface area (Å²) in [4.78, 5) is 22.8. The van der Waals surface area contributed by atoms with E-state index in [1.807, 2.05) is 42.7 Å². The van der Waals surface area contributed by atoms with Gasteiger partial charge in [-0.3, -0.25) is 14.3 Å². The normalized spacial score (nSPS) is 14.1. The molecule has 0 bridgehead atoms. The monoisotopic (exact) mass is 603 g/mol. The van der Waals surface area contributed by atoms with Crippen molar-refractivity contribution in [1.29, 1.82) is 0 Å². The molecular formula is C38H45N5O2. The van der Waals surface area contributed by atoms with Crippen molar-refractivity contribution in [2.75, 3.05) is 31.6 Å². The molecule has 0 spiro atoms. The van der Waals surface area contributed by atoms with Gasteiger partial charge in [0.1, 0.15) is 11.5 Å². The van der Waals surface area contributed by atoms with Crippen molar-refractivity contribution in [1.82, 2.24) is 19.9 Å². The van der Waals surface area contributed by atoms with Crippen LogP contribution in [0.5, 0.6) is 0 Å². The predicted molar refractivity (Wildman–Crippen MR) is 184 cm³/mol. The second-order valence-electron chi connectivity index (χ2n) is 12.3. The number of rotatable bonds is 15. The van der Waals surface area contributed by atoms with Crippen LogP contribution in [-0.4, -0.2) is 40.8 Å². The summed E-state index contributed by atoms with van der Waals surface area (Å²) >= 11 is 0. The van der Waals surface area contributed by atoms with Crippen molar-refractivity contribution in [2.45, 2.75) is 58.4 Å². The Hall–Kier alpha value is -4.49. The first-order valence-electron chi connectivity index (χ1n) is 15.9. The number of benzene rings is 2. The fraction of sp³-hybridized carbons (Fsp3) is 0.342. The van der Waals surface area contributed by atoms with Crippen molar-refractivity contribution < 1.29 is 4.74 Å². The molecule has 0 unspecified atom stereocenters. The van der Waals surface area contributed by atoms with Gasteiger partial charge in [-0.25, -0.2) is 4.98 Å². The van der Waals surface area contributed by atoms with Crippen molar-refractivity contribution in [3.8, 4) is 11.4 Å². The van der Waals surface area contributed by atoms with Gasteiger partial charge in [-0.15, -0.1) is 0 Å². The maximum atomic E-state index is 13.8. The van der Waals surface area contributed by atoms with E-state index in [0.29, 0.717) is 31.1 Å². The minimum atomic E-state index is -0.112. The summed E-state index contributed by atoms with van der Waals surface area (Å²) in [7, 11) is 0. The summed E-state index contributed by atoms with van der Waals surface area (Å²) in [5, 5.41) is 6.77. The fourth-order valence-electron chi connectivity index (χ4n) is 5.63. The van der Waals surface area contributed by atoms with Crippen LogP contribution < -0.4 is 16.2 Å². The molecule has 0 atom stereocenters. The van der Waals surface area contributed by atoms with E-state index in [0.717, 1.165) is 61.3 Å². The van der Waals surface area contributed by atoms with Gasteiger partial charge in [-0.2, -0.15) is 0 Å². The van der Waals surface area contributed by atoms with Crippen molar-refractivity contribution >= 4 is 11.8 Å². The van der Waals surface area contributed by atoms with E-state index < -0.39 is 0 Å². The Bertz CT molecular complexity index is 1670. The summed E-state index contributed by atoms with van der Waals surface area (Å²) in [6.45, 7) is 14.0. The number of hydrogen-bond donors (Lipinski definition) is 2. The number of hydrogen-bond acceptors (Lipinski definition) is 6. The molecule has 7 nitrogen and oxygen atoms in total. The number of nitrogens with one attached hydrogen (secondary N) is 2. The first-order chi connectivity index (χ1) is 21.9. The number of anilines is 1. The van der Waals surface area contributed by atoms with Crippen LogP contribution in [0.4, 0.5) is 5.69 Å². The molecule has 2 aromatic carbocycles. The Morgan fingerprint density at radius 1 is 1.07 bits per heavy atom. The zero-order valence-corrected chi connectivity index (χ0v) is 26.8. The molecular weight excluding hydrogens is 558 g/mol. The second kappa shape index (κ2) is 15.0. The van der Waals surface area contributed by atoms with Crippen LogP contribution in [0.1, 0.15) is 55.9 Å². The van der Waals surface area contributed by atoms with E-state index in [9.17, 15) is 4.79 Å². The summed E-state index contributed by atoms with van der Waals surface area (Å²) in [6, 6.07) is 20.8. The van der Waals surface area contributed by atoms with Crippen LogP contribution in [0, 0.1) is 0 Å². The molecule has 1 aliphatic heterocycles. The molecule has 0 saturated carbocycles. The van der Waals surface area contributed by atoms with Crippen LogP contribution in [0.2, 0.25) is 0 Å². The third-order valence-corrected chi connectivity index (χ3v) is 8.36. The molecule has 4 aromatic rings. The topological polar surface area (TPSA) is 81.1 Å². The number of pyridine rings is 1. The van der Waals surface area contributed by atoms with E-state index in [1.165, 1.54) is 16.7 Å². The quantitative estimate of drug-likeness (QED) is 0.146. The molecule has 5 rings (SSSR count). The lowest BCUT2D eigenvalue weighted by Crippen LogP contribution is -2.43. The minimum absolute atomic E-state index is 0.112. The standard InChI is InChI=1S/C38H45N5O2/c1-5-10-31-18-20-39-23-33(31)21-28(2)22-41-29(3)25-43-36(32-12-7-6-8-13-32)42-24-35(37(43)44)40-19-9-11-30-14-16-34(17-15-30)38(4)26-45-27-38/h6-8,12-18,20-21,23-24,40-41H,3,5,9-11,19,22,25-27H2,1-2,4H3/b28-21+. The van der Waals surface area contributed by atoms with E-state index >= 15 is 0 Å². The number of aromatic nitrogens is 3. The van der Waals surface area contributed by atoms with Gasteiger partial charge < -0.3 is 15.4 Å². The maximum Gasteiger partial charge on any atom is 0.277 e. The first-order valence-corrected chi connectivity index (χ1v) is 15.9. The minimum Gasteiger partial charge on any atom is -0.384 e. The third kappa shape index (κ3) is 8.17. The number of nitrogens with zero attached hydrogens (tertiary/aromatic N) is 3. The molecule has 234 valence electrons. The lowest BCUT2D eigenvalue weighted by Gasteiger charge is -2.38. The molecule has 0 amide bonds. The van der Waals surface area contributed by atoms with Crippen molar-refractivity contribution in [3.63, 3.8) is 0 Å². The van der Waals surface area contributed by atoms with Crippen molar-refractivity contribution in [2.24, 2.45) is 0 Å². The lowest BCUT2D eigenvalue weighted by atomic mass is 9.80. The third-order valence-electron chi connectivity index (χ3n) is 8.36. The Morgan fingerprint density at radius 3 is 2.56 bits per heavy atom. The predicted octanol–water partition coefficient (Wildman–Crippen LogP) is 6.80. The number of ether oxygens (including phenoxy) is 1. The zero-order valence-electron chi connectivity index (χ0n) is 26.8. The summed E-state index contributed by atoms with van der Waals surface area (Å²) in [5.74, 6) is 0.617. The molecule has 45 heavy (non-hydrogen) atoms. The molecule has 1 fully saturated rings. The van der Waals surface area contributed by atoms with Crippen LogP contribution in [0.25, 0.3) is 17.5 Å². The zero-order chi connectivity index (χ0) is 31.6. The Morgan fingerprint density at radius 2 is 1.84 bits per heavy atom. The van der Waals surface area contributed by atoms with Crippen LogP contribution in [0.15, 0.2) is 102 Å². The molecule has 0 aliphatic carbocycles. The highest BCUT2D eigenvalue weighted by Gasteiger charge is 2.34. The van der Waals surface area contributed by atoms with Gasteiger partial charge in [-0.1, -0.05) is 93.1 Å². The Labute approximate surface area is 267 Å². The second-order valence-corrected chi connectivity index (χ2v) is 12.3. The van der Waals surface area contributed by atoms with E-state index in [2.05, 4.69) is 79.4 Å². The average Bonchev–Trinajstić information content (AvgIpc) is 3.04. The Balaban J connectivity index is 1.23.